The number of benzene rings is 2. The van der Waals surface area contributed by atoms with Crippen molar-refractivity contribution in [3.63, 3.8) is 0 Å². The molecule has 186 valence electrons. The van der Waals surface area contributed by atoms with Gasteiger partial charge in [0.15, 0.2) is 5.16 Å². The van der Waals surface area contributed by atoms with Crippen LogP contribution < -0.4 is 5.32 Å². The normalized spacial score (nSPS) is 14.2. The Morgan fingerprint density at radius 2 is 1.57 bits per heavy atom. The fraction of sp³-hybridized carbons (Fsp3) is 0.464. The lowest BCUT2D eigenvalue weighted by atomic mass is 9.92. The van der Waals surface area contributed by atoms with Crippen LogP contribution in [0.4, 0.5) is 5.69 Å². The molecule has 0 aliphatic carbocycles. The zero-order chi connectivity index (χ0) is 24.8. The Kier molecular flexibility index (Phi) is 8.63. The molecule has 0 unspecified atom stereocenters. The average molecular weight is 492 g/mol. The van der Waals surface area contributed by atoms with E-state index >= 15 is 0 Å². The molecule has 0 saturated carbocycles. The van der Waals surface area contributed by atoms with Gasteiger partial charge < -0.3 is 9.88 Å². The van der Waals surface area contributed by atoms with Gasteiger partial charge in [0.05, 0.1) is 18.8 Å². The van der Waals surface area contributed by atoms with Crippen molar-refractivity contribution < 1.29 is 4.79 Å². The number of anilines is 1. The smallest absolute Gasteiger partial charge is 0.234 e. The van der Waals surface area contributed by atoms with Crippen molar-refractivity contribution >= 4 is 23.4 Å². The summed E-state index contributed by atoms with van der Waals surface area (Å²) in [5.41, 5.74) is 4.52. The van der Waals surface area contributed by atoms with E-state index in [9.17, 15) is 4.79 Å². The maximum Gasteiger partial charge on any atom is 0.234 e. The standard InChI is InChI=1S/C28H37N5OS/c1-20(2)23-13-10-14-24(21(3)4)27(23)29-26(34)19-35-28-31-30-25(18-32-15-8-9-16-32)33(28)17-22-11-6-5-7-12-22/h5-7,10-14,20-21H,8-9,15-19H2,1-4H3,(H,29,34). The van der Waals surface area contributed by atoms with E-state index in [-0.39, 0.29) is 5.91 Å². The van der Waals surface area contributed by atoms with Crippen molar-refractivity contribution in [2.24, 2.45) is 0 Å². The molecule has 1 aliphatic rings. The van der Waals surface area contributed by atoms with Gasteiger partial charge in [-0.3, -0.25) is 9.69 Å². The van der Waals surface area contributed by atoms with Crippen LogP contribution in [0.5, 0.6) is 0 Å². The molecule has 3 aromatic rings. The number of likely N-dealkylation sites (tertiary alicyclic amines) is 1. The summed E-state index contributed by atoms with van der Waals surface area (Å²) >= 11 is 1.46. The highest BCUT2D eigenvalue weighted by molar-refractivity contribution is 7.99. The number of nitrogens with zero attached hydrogens (tertiary/aromatic N) is 4. The first-order valence-corrected chi connectivity index (χ1v) is 13.6. The summed E-state index contributed by atoms with van der Waals surface area (Å²) in [6.45, 7) is 12.4. The number of carbonyl (C=O) groups is 1. The van der Waals surface area contributed by atoms with Crippen molar-refractivity contribution in [3.05, 3.63) is 71.0 Å². The minimum Gasteiger partial charge on any atom is -0.325 e. The van der Waals surface area contributed by atoms with E-state index in [1.807, 2.05) is 6.07 Å². The van der Waals surface area contributed by atoms with Crippen molar-refractivity contribution in [2.45, 2.75) is 70.6 Å². The third kappa shape index (κ3) is 6.53. The molecule has 2 heterocycles. The number of hydrogen-bond donors (Lipinski definition) is 1. The Hall–Kier alpha value is -2.64. The predicted molar refractivity (Wildman–Crippen MR) is 144 cm³/mol. The van der Waals surface area contributed by atoms with Gasteiger partial charge in [0.2, 0.25) is 5.91 Å². The molecular formula is C28H37N5OS. The number of hydrogen-bond acceptors (Lipinski definition) is 5. The second kappa shape index (κ2) is 11.9. The number of para-hydroxylation sites is 1. The number of thioether (sulfide) groups is 1. The first-order valence-electron chi connectivity index (χ1n) is 12.7. The van der Waals surface area contributed by atoms with Crippen molar-refractivity contribution in [1.29, 1.82) is 0 Å². The van der Waals surface area contributed by atoms with Crippen LogP contribution in [-0.2, 0) is 17.9 Å². The molecular weight excluding hydrogens is 454 g/mol. The molecule has 6 nitrogen and oxygen atoms in total. The van der Waals surface area contributed by atoms with Crippen molar-refractivity contribution in [1.82, 2.24) is 19.7 Å². The van der Waals surface area contributed by atoms with Crippen LogP contribution in [-0.4, -0.2) is 44.4 Å². The summed E-state index contributed by atoms with van der Waals surface area (Å²) in [6.07, 6.45) is 2.48. The van der Waals surface area contributed by atoms with E-state index in [1.54, 1.807) is 0 Å². The van der Waals surface area contributed by atoms with Gasteiger partial charge in [-0.05, 0) is 54.5 Å². The molecule has 1 N–H and O–H groups in total. The molecule has 1 aliphatic heterocycles. The summed E-state index contributed by atoms with van der Waals surface area (Å²) < 4.78 is 2.17. The highest BCUT2D eigenvalue weighted by Gasteiger charge is 2.20. The van der Waals surface area contributed by atoms with Crippen LogP contribution in [0.25, 0.3) is 0 Å². The molecule has 0 spiro atoms. The van der Waals surface area contributed by atoms with Crippen LogP contribution in [0.3, 0.4) is 0 Å². The third-order valence-electron chi connectivity index (χ3n) is 6.51. The highest BCUT2D eigenvalue weighted by Crippen LogP contribution is 2.32. The van der Waals surface area contributed by atoms with Gasteiger partial charge in [0.25, 0.3) is 0 Å². The molecule has 2 aromatic carbocycles. The van der Waals surface area contributed by atoms with Gasteiger partial charge in [0.1, 0.15) is 5.82 Å². The van der Waals surface area contributed by atoms with E-state index in [0.717, 1.165) is 36.3 Å². The molecule has 7 heteroatoms. The fourth-order valence-corrected chi connectivity index (χ4v) is 5.37. The van der Waals surface area contributed by atoms with E-state index in [2.05, 4.69) is 95.1 Å². The summed E-state index contributed by atoms with van der Waals surface area (Å²) in [6, 6.07) is 16.7. The molecule has 35 heavy (non-hydrogen) atoms. The maximum atomic E-state index is 13.1. The zero-order valence-electron chi connectivity index (χ0n) is 21.3. The summed E-state index contributed by atoms with van der Waals surface area (Å²) in [5.74, 6) is 1.91. The van der Waals surface area contributed by atoms with E-state index in [1.165, 1.54) is 41.3 Å². The van der Waals surface area contributed by atoms with Gasteiger partial charge in [-0.25, -0.2) is 0 Å². The lowest BCUT2D eigenvalue weighted by Crippen LogP contribution is -2.22. The van der Waals surface area contributed by atoms with Crippen LogP contribution in [0.1, 0.15) is 74.9 Å². The minimum atomic E-state index is -0.0136. The van der Waals surface area contributed by atoms with Gasteiger partial charge in [0, 0.05) is 5.69 Å². The monoisotopic (exact) mass is 491 g/mol. The van der Waals surface area contributed by atoms with Crippen LogP contribution in [0, 0.1) is 0 Å². The largest absolute Gasteiger partial charge is 0.325 e. The first-order chi connectivity index (χ1) is 16.9. The second-order valence-corrected chi connectivity index (χ2v) is 10.9. The third-order valence-corrected chi connectivity index (χ3v) is 7.48. The first kappa shape index (κ1) is 25.5. The summed E-state index contributed by atoms with van der Waals surface area (Å²) in [5, 5.41) is 13.0. The van der Waals surface area contributed by atoms with Crippen molar-refractivity contribution in [2.75, 3.05) is 24.2 Å². The number of rotatable bonds is 10. The Morgan fingerprint density at radius 1 is 0.914 bits per heavy atom. The zero-order valence-corrected chi connectivity index (χ0v) is 22.1. The van der Waals surface area contributed by atoms with Gasteiger partial charge in [-0.1, -0.05) is 88.0 Å². The summed E-state index contributed by atoms with van der Waals surface area (Å²) in [7, 11) is 0. The minimum absolute atomic E-state index is 0.0136. The molecule has 0 atom stereocenters. The quantitative estimate of drug-likeness (QED) is 0.358. The fourth-order valence-electron chi connectivity index (χ4n) is 4.61. The Balaban J connectivity index is 1.50. The average Bonchev–Trinajstić information content (AvgIpc) is 3.49. The Morgan fingerprint density at radius 3 is 2.20 bits per heavy atom. The number of aromatic nitrogens is 3. The number of carbonyl (C=O) groups excluding carboxylic acids is 1. The topological polar surface area (TPSA) is 63.1 Å². The number of nitrogens with one attached hydrogen (secondary N) is 1. The Bertz CT molecular complexity index is 1090. The summed E-state index contributed by atoms with van der Waals surface area (Å²) in [4.78, 5) is 15.5. The molecule has 1 amide bonds. The molecule has 1 aromatic heterocycles. The van der Waals surface area contributed by atoms with Crippen LogP contribution in [0.15, 0.2) is 53.7 Å². The lowest BCUT2D eigenvalue weighted by molar-refractivity contribution is -0.113. The van der Waals surface area contributed by atoms with E-state index < -0.39 is 0 Å². The highest BCUT2D eigenvalue weighted by atomic mass is 32.2. The van der Waals surface area contributed by atoms with E-state index in [0.29, 0.717) is 24.1 Å². The van der Waals surface area contributed by atoms with Gasteiger partial charge >= 0.3 is 0 Å². The lowest BCUT2D eigenvalue weighted by Gasteiger charge is -2.20. The van der Waals surface area contributed by atoms with Crippen LogP contribution >= 0.6 is 11.8 Å². The van der Waals surface area contributed by atoms with Gasteiger partial charge in [-0.2, -0.15) is 0 Å². The maximum absolute atomic E-state index is 13.1. The van der Waals surface area contributed by atoms with E-state index in [4.69, 9.17) is 0 Å². The molecule has 1 fully saturated rings. The number of amides is 1. The molecule has 0 bridgehead atoms. The van der Waals surface area contributed by atoms with Crippen molar-refractivity contribution in [3.8, 4) is 0 Å². The predicted octanol–water partition coefficient (Wildman–Crippen LogP) is 5.90. The molecule has 0 radical (unpaired) electrons. The second-order valence-electron chi connectivity index (χ2n) is 9.91. The van der Waals surface area contributed by atoms with Gasteiger partial charge in [-0.15, -0.1) is 10.2 Å². The molecule has 1 saturated heterocycles. The SMILES string of the molecule is CC(C)c1cccc(C(C)C)c1NC(=O)CSc1nnc(CN2CCCC2)n1Cc1ccccc1. The molecule has 4 rings (SSSR count). The Labute approximate surface area is 213 Å². The van der Waals surface area contributed by atoms with Crippen LogP contribution in [0.2, 0.25) is 0 Å².